The first kappa shape index (κ1) is 26.4. The summed E-state index contributed by atoms with van der Waals surface area (Å²) in [4.78, 5) is 25.5. The number of benzene rings is 1. The molecule has 194 valence electrons. The van der Waals surface area contributed by atoms with E-state index in [1.165, 1.54) is 12.3 Å². The third-order valence-corrected chi connectivity index (χ3v) is 5.79. The van der Waals surface area contributed by atoms with Crippen LogP contribution >= 0.6 is 23.2 Å². The van der Waals surface area contributed by atoms with Gasteiger partial charge in [0, 0.05) is 13.2 Å². The number of hydrogen-bond donors (Lipinski definition) is 2. The summed E-state index contributed by atoms with van der Waals surface area (Å²) in [6.45, 7) is 1.38. The number of amides is 1. The van der Waals surface area contributed by atoms with Crippen LogP contribution in [0.4, 0.5) is 29.2 Å². The lowest BCUT2D eigenvalue weighted by atomic mass is 10.1. The molecule has 0 aliphatic rings. The number of rotatable bonds is 7. The summed E-state index contributed by atoms with van der Waals surface area (Å²) in [6.07, 6.45) is -3.42. The van der Waals surface area contributed by atoms with Crippen molar-refractivity contribution in [2.24, 2.45) is 7.05 Å². The monoisotopic (exact) mass is 556 g/mol. The molecule has 0 aliphatic heterocycles. The third-order valence-electron chi connectivity index (χ3n) is 5.19. The van der Waals surface area contributed by atoms with Crippen molar-refractivity contribution in [1.82, 2.24) is 24.8 Å². The number of aryl methyl sites for hydroxylation is 1. The van der Waals surface area contributed by atoms with E-state index in [-0.39, 0.29) is 50.9 Å². The Morgan fingerprint density at radius 1 is 1.16 bits per heavy atom. The zero-order chi connectivity index (χ0) is 26.9. The minimum atomic E-state index is -4.63. The molecule has 0 unspecified atom stereocenters. The van der Waals surface area contributed by atoms with E-state index in [2.05, 4.69) is 25.6 Å². The van der Waals surface area contributed by atoms with Crippen LogP contribution in [0, 0.1) is 5.82 Å². The largest absolute Gasteiger partial charge is 0.477 e. The zero-order valence-corrected chi connectivity index (χ0v) is 20.8. The summed E-state index contributed by atoms with van der Waals surface area (Å²) < 4.78 is 60.4. The molecule has 4 aromatic rings. The number of fused-ring (bicyclic) bond motifs is 1. The van der Waals surface area contributed by atoms with Gasteiger partial charge >= 0.3 is 6.18 Å². The maximum absolute atomic E-state index is 13.5. The molecule has 3 aromatic heterocycles. The van der Waals surface area contributed by atoms with Gasteiger partial charge in [-0.1, -0.05) is 23.2 Å². The fourth-order valence-corrected chi connectivity index (χ4v) is 4.04. The molecule has 3 heterocycles. The summed E-state index contributed by atoms with van der Waals surface area (Å²) in [6, 6.07) is 5.61. The number of pyridine rings is 2. The van der Waals surface area contributed by atoms with Crippen molar-refractivity contribution in [1.29, 1.82) is 0 Å². The Kier molecular flexibility index (Phi) is 7.42. The Morgan fingerprint density at radius 2 is 1.86 bits per heavy atom. The van der Waals surface area contributed by atoms with Crippen LogP contribution in [0.15, 0.2) is 36.5 Å². The number of alkyl halides is 3. The van der Waals surface area contributed by atoms with E-state index in [1.54, 1.807) is 18.5 Å². The first-order valence-corrected chi connectivity index (χ1v) is 11.5. The zero-order valence-electron chi connectivity index (χ0n) is 19.3. The van der Waals surface area contributed by atoms with Gasteiger partial charge < -0.3 is 15.4 Å². The van der Waals surface area contributed by atoms with Crippen LogP contribution in [-0.4, -0.2) is 32.0 Å². The van der Waals surface area contributed by atoms with Crippen molar-refractivity contribution < 1.29 is 27.1 Å². The summed E-state index contributed by atoms with van der Waals surface area (Å²) >= 11 is 12.2. The smallest absolute Gasteiger partial charge is 0.418 e. The van der Waals surface area contributed by atoms with Crippen LogP contribution in [0.5, 0.6) is 5.88 Å². The number of halogens is 6. The molecule has 0 bridgehead atoms. The number of hydrogen-bond acceptors (Lipinski definition) is 6. The topological polar surface area (TPSA) is 94.0 Å². The van der Waals surface area contributed by atoms with Crippen molar-refractivity contribution >= 4 is 51.9 Å². The van der Waals surface area contributed by atoms with Crippen molar-refractivity contribution in [3.63, 3.8) is 0 Å². The van der Waals surface area contributed by atoms with E-state index in [9.17, 15) is 22.4 Å². The highest BCUT2D eigenvalue weighted by molar-refractivity contribution is 6.39. The number of ether oxygens (including phenoxy) is 1. The Labute approximate surface area is 217 Å². The summed E-state index contributed by atoms with van der Waals surface area (Å²) in [5, 5.41) is 5.39. The Balaban J connectivity index is 1.67. The number of imidazole rings is 1. The average Bonchev–Trinajstić information content (AvgIpc) is 3.13. The molecule has 1 amide bonds. The van der Waals surface area contributed by atoms with Gasteiger partial charge in [0.1, 0.15) is 16.9 Å². The van der Waals surface area contributed by atoms with Gasteiger partial charge in [-0.2, -0.15) is 18.2 Å². The predicted octanol–water partition coefficient (Wildman–Crippen LogP) is 5.90. The van der Waals surface area contributed by atoms with Gasteiger partial charge in [0.05, 0.1) is 40.1 Å². The minimum Gasteiger partial charge on any atom is -0.477 e. The van der Waals surface area contributed by atoms with Crippen molar-refractivity contribution in [2.45, 2.75) is 19.6 Å². The average molecular weight is 557 g/mol. The van der Waals surface area contributed by atoms with Gasteiger partial charge in [-0.25, -0.2) is 9.37 Å². The van der Waals surface area contributed by atoms with Crippen LogP contribution in [0.2, 0.25) is 10.0 Å². The summed E-state index contributed by atoms with van der Waals surface area (Å²) in [5.74, 6) is -1.17. The molecule has 1 aromatic carbocycles. The Hall–Kier alpha value is -3.64. The first-order valence-electron chi connectivity index (χ1n) is 10.7. The minimum absolute atomic E-state index is 0.0211. The second-order valence-corrected chi connectivity index (χ2v) is 8.47. The standard InChI is InChI=1S/C23H18Cl2F4N6O2/c1-3-37-21-12(20(36)31-10-17-13(23(27,28)29)5-4-6-30-17)9-16-19(34-21)35(2)22(32-16)33-18-14(24)7-11(26)8-15(18)25/h4-9H,3,10H2,1-2H3,(H,31,36)(H,32,33). The molecule has 2 N–H and O–H groups in total. The molecule has 8 nitrogen and oxygen atoms in total. The fraction of sp³-hybridized carbons (Fsp3) is 0.217. The van der Waals surface area contributed by atoms with Crippen molar-refractivity contribution in [2.75, 3.05) is 11.9 Å². The second-order valence-electron chi connectivity index (χ2n) is 7.66. The summed E-state index contributed by atoms with van der Waals surface area (Å²) in [7, 11) is 1.63. The van der Waals surface area contributed by atoms with Crippen molar-refractivity contribution in [3.8, 4) is 5.88 Å². The molecule has 37 heavy (non-hydrogen) atoms. The van der Waals surface area contributed by atoms with Gasteiger partial charge in [0.15, 0.2) is 5.65 Å². The lowest BCUT2D eigenvalue weighted by Crippen LogP contribution is -2.26. The number of anilines is 2. The Bertz CT molecular complexity index is 1470. The number of aromatic nitrogens is 4. The quantitative estimate of drug-likeness (QED) is 0.275. The predicted molar refractivity (Wildman–Crippen MR) is 130 cm³/mol. The second kappa shape index (κ2) is 10.4. The van der Waals surface area contributed by atoms with Crippen LogP contribution < -0.4 is 15.4 Å². The highest BCUT2D eigenvalue weighted by atomic mass is 35.5. The van der Waals surface area contributed by atoms with Crippen molar-refractivity contribution in [3.05, 3.63) is 69.2 Å². The normalized spacial score (nSPS) is 11.6. The maximum atomic E-state index is 13.5. The van der Waals surface area contributed by atoms with Crippen LogP contribution in [0.1, 0.15) is 28.5 Å². The molecular weight excluding hydrogens is 539 g/mol. The third kappa shape index (κ3) is 5.54. The van der Waals surface area contributed by atoms with Gasteiger partial charge in [-0.05, 0) is 37.3 Å². The van der Waals surface area contributed by atoms with Crippen LogP contribution in [0.3, 0.4) is 0 Å². The Morgan fingerprint density at radius 3 is 2.51 bits per heavy atom. The van der Waals surface area contributed by atoms with Gasteiger partial charge in [0.25, 0.3) is 5.91 Å². The van der Waals surface area contributed by atoms with Crippen LogP contribution in [0.25, 0.3) is 11.2 Å². The van der Waals surface area contributed by atoms with Gasteiger partial charge in [-0.15, -0.1) is 0 Å². The molecule has 0 fully saturated rings. The van der Waals surface area contributed by atoms with Gasteiger partial charge in [0.2, 0.25) is 11.8 Å². The molecule has 0 saturated carbocycles. The fourth-order valence-electron chi connectivity index (χ4n) is 3.49. The molecule has 4 rings (SSSR count). The summed E-state index contributed by atoms with van der Waals surface area (Å²) in [5.41, 5.74) is -0.536. The lowest BCUT2D eigenvalue weighted by molar-refractivity contribution is -0.138. The lowest BCUT2D eigenvalue weighted by Gasteiger charge is -2.13. The van der Waals surface area contributed by atoms with E-state index in [0.29, 0.717) is 5.65 Å². The number of carbonyl (C=O) groups excluding carboxylic acids is 1. The molecule has 0 spiro atoms. The molecule has 14 heteroatoms. The van der Waals surface area contributed by atoms with Crippen LogP contribution in [-0.2, 0) is 19.8 Å². The molecule has 0 atom stereocenters. The molecular formula is C23H18Cl2F4N6O2. The SMILES string of the molecule is CCOc1nc2c(cc1C(=O)NCc1ncccc1C(F)(F)F)nc(Nc1c(Cl)cc(F)cc1Cl)n2C. The van der Waals surface area contributed by atoms with E-state index >= 15 is 0 Å². The number of nitrogens with zero attached hydrogens (tertiary/aromatic N) is 4. The van der Waals surface area contributed by atoms with Gasteiger partial charge in [-0.3, -0.25) is 14.3 Å². The van der Waals surface area contributed by atoms with E-state index < -0.39 is 30.0 Å². The highest BCUT2D eigenvalue weighted by Gasteiger charge is 2.34. The van der Waals surface area contributed by atoms with E-state index in [0.717, 1.165) is 24.3 Å². The van der Waals surface area contributed by atoms with E-state index in [1.807, 2.05) is 0 Å². The van der Waals surface area contributed by atoms with E-state index in [4.69, 9.17) is 27.9 Å². The number of nitrogens with one attached hydrogen (secondary N) is 2. The maximum Gasteiger partial charge on any atom is 0.418 e. The molecule has 0 radical (unpaired) electrons. The molecule has 0 saturated heterocycles. The molecule has 0 aliphatic carbocycles. The number of carbonyl (C=O) groups is 1. The first-order chi connectivity index (χ1) is 17.5. The highest BCUT2D eigenvalue weighted by Crippen LogP contribution is 2.35.